The minimum atomic E-state index is -4.38. The summed E-state index contributed by atoms with van der Waals surface area (Å²) in [5.41, 5.74) is -0.352. The molecule has 1 N–H and O–H groups in total. The van der Waals surface area contributed by atoms with Crippen LogP contribution in [0.25, 0.3) is 0 Å². The van der Waals surface area contributed by atoms with Gasteiger partial charge in [0.1, 0.15) is 5.69 Å². The standard InChI is InChI=1S/C14H19F3N2O/c1-13(6-9-20-10-7-13)18-8-5-11-3-2-4-12(19-11)14(15,16)17/h2-4,18H,5-10H2,1H3. The normalized spacial score (nSPS) is 19.0. The number of nitrogens with one attached hydrogen (secondary N) is 1. The summed E-state index contributed by atoms with van der Waals surface area (Å²) in [5, 5.41) is 3.40. The van der Waals surface area contributed by atoms with E-state index in [4.69, 9.17) is 4.74 Å². The van der Waals surface area contributed by atoms with Crippen LogP contribution in [0.2, 0.25) is 0 Å². The van der Waals surface area contributed by atoms with Gasteiger partial charge in [0.25, 0.3) is 0 Å². The van der Waals surface area contributed by atoms with Gasteiger partial charge in [-0.25, -0.2) is 4.98 Å². The van der Waals surface area contributed by atoms with Crippen LogP contribution in [0.4, 0.5) is 13.2 Å². The predicted octanol–water partition coefficient (Wildman–Crippen LogP) is 2.80. The summed E-state index contributed by atoms with van der Waals surface area (Å²) in [7, 11) is 0. The molecule has 0 aromatic carbocycles. The largest absolute Gasteiger partial charge is 0.433 e. The molecule has 0 bridgehead atoms. The molecule has 1 fully saturated rings. The molecule has 1 aliphatic rings. The highest BCUT2D eigenvalue weighted by Crippen LogP contribution is 2.27. The maximum absolute atomic E-state index is 12.5. The highest BCUT2D eigenvalue weighted by atomic mass is 19.4. The van der Waals surface area contributed by atoms with Gasteiger partial charge in [0.05, 0.1) is 0 Å². The Morgan fingerprint density at radius 3 is 2.65 bits per heavy atom. The summed E-state index contributed by atoms with van der Waals surface area (Å²) in [4.78, 5) is 3.66. The van der Waals surface area contributed by atoms with Crippen LogP contribution in [0.5, 0.6) is 0 Å². The zero-order valence-corrected chi connectivity index (χ0v) is 11.5. The molecule has 3 nitrogen and oxygen atoms in total. The second kappa shape index (κ2) is 6.10. The summed E-state index contributed by atoms with van der Waals surface area (Å²) >= 11 is 0. The Kier molecular flexibility index (Phi) is 4.65. The molecule has 0 aliphatic carbocycles. The first kappa shape index (κ1) is 15.3. The van der Waals surface area contributed by atoms with Crippen LogP contribution in [0.15, 0.2) is 18.2 Å². The van der Waals surface area contributed by atoms with Crippen molar-refractivity contribution in [3.8, 4) is 0 Å². The summed E-state index contributed by atoms with van der Waals surface area (Å²) < 4.78 is 43.0. The van der Waals surface area contributed by atoms with Crippen molar-refractivity contribution in [1.82, 2.24) is 10.3 Å². The molecular formula is C14H19F3N2O. The number of nitrogens with zero attached hydrogens (tertiary/aromatic N) is 1. The lowest BCUT2D eigenvalue weighted by Crippen LogP contribution is -2.47. The molecule has 6 heteroatoms. The molecule has 0 unspecified atom stereocenters. The van der Waals surface area contributed by atoms with Crippen molar-refractivity contribution in [3.05, 3.63) is 29.6 Å². The molecule has 1 aliphatic heterocycles. The lowest BCUT2D eigenvalue weighted by molar-refractivity contribution is -0.141. The van der Waals surface area contributed by atoms with Crippen molar-refractivity contribution < 1.29 is 17.9 Å². The number of hydrogen-bond donors (Lipinski definition) is 1. The third kappa shape index (κ3) is 4.18. The number of alkyl halides is 3. The van der Waals surface area contributed by atoms with Crippen LogP contribution in [0, 0.1) is 0 Å². The van der Waals surface area contributed by atoms with Crippen LogP contribution >= 0.6 is 0 Å². The van der Waals surface area contributed by atoms with Crippen molar-refractivity contribution >= 4 is 0 Å². The summed E-state index contributed by atoms with van der Waals surface area (Å²) in [5.74, 6) is 0. The molecule has 1 saturated heterocycles. The molecule has 0 atom stereocenters. The SMILES string of the molecule is CC1(NCCc2cccc(C(F)(F)F)n2)CCOCC1. The third-order valence-corrected chi connectivity index (χ3v) is 3.63. The van der Waals surface area contributed by atoms with Crippen molar-refractivity contribution in [3.63, 3.8) is 0 Å². The molecule has 0 radical (unpaired) electrons. The quantitative estimate of drug-likeness (QED) is 0.925. The number of ether oxygens (including phenoxy) is 1. The van der Waals surface area contributed by atoms with Gasteiger partial charge in [0, 0.05) is 37.4 Å². The number of halogens is 3. The Morgan fingerprint density at radius 2 is 2.00 bits per heavy atom. The van der Waals surface area contributed by atoms with E-state index in [1.54, 1.807) is 6.07 Å². The summed E-state index contributed by atoms with van der Waals surface area (Å²) in [6, 6.07) is 4.03. The number of pyridine rings is 1. The van der Waals surface area contributed by atoms with E-state index in [9.17, 15) is 13.2 Å². The van der Waals surface area contributed by atoms with E-state index in [1.807, 2.05) is 0 Å². The predicted molar refractivity (Wildman–Crippen MR) is 69.4 cm³/mol. The van der Waals surface area contributed by atoms with E-state index in [-0.39, 0.29) is 5.54 Å². The van der Waals surface area contributed by atoms with Gasteiger partial charge >= 0.3 is 6.18 Å². The van der Waals surface area contributed by atoms with Gasteiger partial charge in [-0.1, -0.05) is 6.07 Å². The van der Waals surface area contributed by atoms with E-state index in [1.165, 1.54) is 6.07 Å². The molecule has 2 rings (SSSR count). The van der Waals surface area contributed by atoms with Crippen molar-refractivity contribution in [1.29, 1.82) is 0 Å². The zero-order chi connectivity index (χ0) is 14.6. The molecular weight excluding hydrogens is 269 g/mol. The summed E-state index contributed by atoms with van der Waals surface area (Å²) in [6.45, 7) is 4.19. The second-order valence-corrected chi connectivity index (χ2v) is 5.36. The van der Waals surface area contributed by atoms with Gasteiger partial charge in [0.15, 0.2) is 0 Å². The van der Waals surface area contributed by atoms with Crippen LogP contribution in [0.3, 0.4) is 0 Å². The number of rotatable bonds is 4. The van der Waals surface area contributed by atoms with Crippen molar-refractivity contribution in [2.75, 3.05) is 19.8 Å². The zero-order valence-electron chi connectivity index (χ0n) is 11.5. The molecule has 112 valence electrons. The first-order valence-corrected chi connectivity index (χ1v) is 6.75. The van der Waals surface area contributed by atoms with Crippen LogP contribution in [-0.2, 0) is 17.3 Å². The Labute approximate surface area is 116 Å². The van der Waals surface area contributed by atoms with Gasteiger partial charge in [-0.05, 0) is 31.9 Å². The van der Waals surface area contributed by atoms with E-state index >= 15 is 0 Å². The maximum Gasteiger partial charge on any atom is 0.433 e. The van der Waals surface area contributed by atoms with Gasteiger partial charge < -0.3 is 10.1 Å². The van der Waals surface area contributed by atoms with E-state index in [0.29, 0.717) is 18.7 Å². The van der Waals surface area contributed by atoms with Crippen LogP contribution in [-0.4, -0.2) is 30.3 Å². The molecule has 2 heterocycles. The lowest BCUT2D eigenvalue weighted by atomic mass is 9.92. The fourth-order valence-corrected chi connectivity index (χ4v) is 2.27. The topological polar surface area (TPSA) is 34.2 Å². The van der Waals surface area contributed by atoms with E-state index in [2.05, 4.69) is 17.2 Å². The Balaban J connectivity index is 1.88. The van der Waals surface area contributed by atoms with Crippen LogP contribution < -0.4 is 5.32 Å². The highest BCUT2D eigenvalue weighted by Gasteiger charge is 2.32. The number of hydrogen-bond acceptors (Lipinski definition) is 3. The first-order valence-electron chi connectivity index (χ1n) is 6.75. The molecule has 0 amide bonds. The highest BCUT2D eigenvalue weighted by molar-refractivity contribution is 5.14. The average Bonchev–Trinajstić information content (AvgIpc) is 2.39. The maximum atomic E-state index is 12.5. The Morgan fingerprint density at radius 1 is 1.30 bits per heavy atom. The Bertz CT molecular complexity index is 442. The van der Waals surface area contributed by atoms with Gasteiger partial charge in [-0.3, -0.25) is 0 Å². The Hall–Kier alpha value is -1.14. The molecule has 0 saturated carbocycles. The third-order valence-electron chi connectivity index (χ3n) is 3.63. The number of aromatic nitrogens is 1. The molecule has 20 heavy (non-hydrogen) atoms. The minimum Gasteiger partial charge on any atom is -0.381 e. The van der Waals surface area contributed by atoms with Gasteiger partial charge in [0.2, 0.25) is 0 Å². The molecule has 0 spiro atoms. The van der Waals surface area contributed by atoms with E-state index in [0.717, 1.165) is 32.1 Å². The first-order chi connectivity index (χ1) is 9.39. The molecule has 1 aromatic heterocycles. The average molecular weight is 288 g/mol. The lowest BCUT2D eigenvalue weighted by Gasteiger charge is -2.34. The fourth-order valence-electron chi connectivity index (χ4n) is 2.27. The fraction of sp³-hybridized carbons (Fsp3) is 0.643. The van der Waals surface area contributed by atoms with Gasteiger partial charge in [-0.2, -0.15) is 13.2 Å². The van der Waals surface area contributed by atoms with Crippen molar-refractivity contribution in [2.24, 2.45) is 0 Å². The molecule has 1 aromatic rings. The van der Waals surface area contributed by atoms with Gasteiger partial charge in [-0.15, -0.1) is 0 Å². The van der Waals surface area contributed by atoms with Crippen molar-refractivity contribution in [2.45, 2.75) is 37.9 Å². The smallest absolute Gasteiger partial charge is 0.381 e. The summed E-state index contributed by atoms with van der Waals surface area (Å²) in [6.07, 6.45) is -2.05. The van der Waals surface area contributed by atoms with E-state index < -0.39 is 11.9 Å². The van der Waals surface area contributed by atoms with Crippen LogP contribution in [0.1, 0.15) is 31.2 Å². The monoisotopic (exact) mass is 288 g/mol. The second-order valence-electron chi connectivity index (χ2n) is 5.36. The minimum absolute atomic E-state index is 0.0138.